The number of aryl methyl sites for hydroxylation is 1. The van der Waals surface area contributed by atoms with Crippen LogP contribution in [0.5, 0.6) is 0 Å². The maximum absolute atomic E-state index is 12.1. The Bertz CT molecular complexity index is 581. The molecule has 1 heterocycles. The molecule has 2 N–H and O–H groups in total. The minimum absolute atomic E-state index is 0.165. The summed E-state index contributed by atoms with van der Waals surface area (Å²) in [5.41, 5.74) is 0.753. The first-order chi connectivity index (χ1) is 9.89. The van der Waals surface area contributed by atoms with Crippen LogP contribution in [0.2, 0.25) is 10.0 Å². The third-order valence-corrected chi connectivity index (χ3v) is 5.05. The zero-order chi connectivity index (χ0) is 15.2. The smallest absolute Gasteiger partial charge is 0.238 e. The van der Waals surface area contributed by atoms with Crippen molar-refractivity contribution in [3.63, 3.8) is 0 Å². The fourth-order valence-corrected chi connectivity index (χ4v) is 3.34. The number of nitrogens with one attached hydrogen (secondary N) is 1. The zero-order valence-electron chi connectivity index (χ0n) is 11.8. The average molecular weight is 329 g/mol. The van der Waals surface area contributed by atoms with E-state index in [1.54, 1.807) is 6.07 Å². The molecule has 1 saturated heterocycles. The van der Waals surface area contributed by atoms with Gasteiger partial charge in [0, 0.05) is 13.1 Å². The molecule has 2 aliphatic rings. The molecule has 4 nitrogen and oxygen atoms in total. The SMILES string of the molecule is Cc1ccc(Cl)c(NC(=O)CN2CC(O)(C3CC3)C2)c1Cl. The second kappa shape index (κ2) is 5.43. The van der Waals surface area contributed by atoms with Gasteiger partial charge in [-0.25, -0.2) is 0 Å². The lowest BCUT2D eigenvalue weighted by Gasteiger charge is -2.46. The average Bonchev–Trinajstić information content (AvgIpc) is 3.22. The number of anilines is 1. The van der Waals surface area contributed by atoms with Crippen LogP contribution in [0.1, 0.15) is 18.4 Å². The van der Waals surface area contributed by atoms with E-state index in [0.29, 0.717) is 34.7 Å². The summed E-state index contributed by atoms with van der Waals surface area (Å²) in [5.74, 6) is 0.264. The normalized spacial score (nSPS) is 21.0. The van der Waals surface area contributed by atoms with Gasteiger partial charge in [0.1, 0.15) is 0 Å². The molecule has 3 rings (SSSR count). The molecule has 6 heteroatoms. The summed E-state index contributed by atoms with van der Waals surface area (Å²) in [7, 11) is 0. The van der Waals surface area contributed by atoms with Gasteiger partial charge in [0.15, 0.2) is 0 Å². The number of likely N-dealkylation sites (tertiary alicyclic amines) is 1. The molecular weight excluding hydrogens is 311 g/mol. The van der Waals surface area contributed by atoms with E-state index in [0.717, 1.165) is 18.4 Å². The molecule has 1 aromatic carbocycles. The quantitative estimate of drug-likeness (QED) is 0.893. The lowest BCUT2D eigenvalue weighted by atomic mass is 9.89. The number of amides is 1. The van der Waals surface area contributed by atoms with Gasteiger partial charge in [-0.15, -0.1) is 0 Å². The molecule has 1 aliphatic heterocycles. The Kier molecular flexibility index (Phi) is 3.91. The topological polar surface area (TPSA) is 52.6 Å². The number of β-amino-alcohol motifs (C(OH)–C–C–N with tert-alkyl or cyclic N) is 1. The van der Waals surface area contributed by atoms with Crippen molar-refractivity contribution in [2.75, 3.05) is 25.0 Å². The summed E-state index contributed by atoms with van der Waals surface area (Å²) < 4.78 is 0. The predicted molar refractivity (Wildman–Crippen MR) is 83.9 cm³/mol. The van der Waals surface area contributed by atoms with Crippen molar-refractivity contribution in [1.29, 1.82) is 0 Å². The van der Waals surface area contributed by atoms with Crippen LogP contribution in [-0.2, 0) is 4.79 Å². The third kappa shape index (κ3) is 3.04. The standard InChI is InChI=1S/C15H18Cl2N2O2/c1-9-2-5-11(16)14(13(9)17)18-12(20)6-19-7-15(21,8-19)10-3-4-10/h2,5,10,21H,3-4,6-8H2,1H3,(H,18,20). The Morgan fingerprint density at radius 2 is 2.10 bits per heavy atom. The van der Waals surface area contributed by atoms with Gasteiger partial charge in [0.25, 0.3) is 0 Å². The number of halogens is 2. The first-order valence-corrected chi connectivity index (χ1v) is 7.84. The fourth-order valence-electron chi connectivity index (χ4n) is 2.87. The monoisotopic (exact) mass is 328 g/mol. The number of hydrogen-bond donors (Lipinski definition) is 2. The largest absolute Gasteiger partial charge is 0.387 e. The van der Waals surface area contributed by atoms with Gasteiger partial charge in [-0.05, 0) is 37.3 Å². The number of benzene rings is 1. The lowest BCUT2D eigenvalue weighted by Crippen LogP contribution is -2.64. The molecule has 114 valence electrons. The Morgan fingerprint density at radius 3 is 2.71 bits per heavy atom. The predicted octanol–water partition coefficient (Wildman–Crippen LogP) is 2.70. The van der Waals surface area contributed by atoms with Crippen LogP contribution in [0.4, 0.5) is 5.69 Å². The number of carbonyl (C=O) groups excluding carboxylic acids is 1. The maximum Gasteiger partial charge on any atom is 0.238 e. The molecule has 0 spiro atoms. The summed E-state index contributed by atoms with van der Waals surface area (Å²) in [4.78, 5) is 14.0. The number of carbonyl (C=O) groups is 1. The Morgan fingerprint density at radius 1 is 1.43 bits per heavy atom. The van der Waals surface area contributed by atoms with Crippen molar-refractivity contribution in [2.24, 2.45) is 5.92 Å². The van der Waals surface area contributed by atoms with E-state index in [2.05, 4.69) is 5.32 Å². The Balaban J connectivity index is 1.57. The highest BCUT2D eigenvalue weighted by atomic mass is 35.5. The summed E-state index contributed by atoms with van der Waals surface area (Å²) >= 11 is 12.2. The lowest BCUT2D eigenvalue weighted by molar-refractivity contribution is -0.132. The van der Waals surface area contributed by atoms with Gasteiger partial charge in [0.05, 0.1) is 27.9 Å². The van der Waals surface area contributed by atoms with Crippen molar-refractivity contribution >= 4 is 34.8 Å². The molecule has 0 unspecified atom stereocenters. The molecule has 1 saturated carbocycles. The molecule has 21 heavy (non-hydrogen) atoms. The third-order valence-electron chi connectivity index (χ3n) is 4.25. The number of aliphatic hydroxyl groups is 1. The summed E-state index contributed by atoms with van der Waals surface area (Å²) in [6, 6.07) is 3.53. The van der Waals surface area contributed by atoms with E-state index in [9.17, 15) is 9.90 Å². The summed E-state index contributed by atoms with van der Waals surface area (Å²) in [6.45, 7) is 3.25. The molecule has 1 aliphatic carbocycles. The highest BCUT2D eigenvalue weighted by Crippen LogP contribution is 2.44. The van der Waals surface area contributed by atoms with Crippen LogP contribution in [0.25, 0.3) is 0 Å². The number of nitrogens with zero attached hydrogens (tertiary/aromatic N) is 1. The van der Waals surface area contributed by atoms with Crippen molar-refractivity contribution in [2.45, 2.75) is 25.4 Å². The van der Waals surface area contributed by atoms with Crippen LogP contribution in [0.15, 0.2) is 12.1 Å². The van der Waals surface area contributed by atoms with Gasteiger partial charge in [-0.2, -0.15) is 0 Å². The second-order valence-corrected chi connectivity index (χ2v) is 6.91. The van der Waals surface area contributed by atoms with E-state index < -0.39 is 5.60 Å². The van der Waals surface area contributed by atoms with E-state index in [1.165, 1.54) is 0 Å². The molecule has 0 radical (unpaired) electrons. The van der Waals surface area contributed by atoms with Crippen molar-refractivity contribution in [1.82, 2.24) is 4.90 Å². The fraction of sp³-hybridized carbons (Fsp3) is 0.533. The summed E-state index contributed by atoms with van der Waals surface area (Å²) in [6.07, 6.45) is 2.20. The minimum Gasteiger partial charge on any atom is -0.387 e. The van der Waals surface area contributed by atoms with Gasteiger partial charge >= 0.3 is 0 Å². The van der Waals surface area contributed by atoms with E-state index >= 15 is 0 Å². The van der Waals surface area contributed by atoms with E-state index in [4.69, 9.17) is 23.2 Å². The first-order valence-electron chi connectivity index (χ1n) is 7.08. The molecule has 1 aromatic rings. The minimum atomic E-state index is -0.571. The van der Waals surface area contributed by atoms with Gasteiger partial charge < -0.3 is 10.4 Å². The highest BCUT2D eigenvalue weighted by Gasteiger charge is 2.51. The van der Waals surface area contributed by atoms with E-state index in [-0.39, 0.29) is 12.5 Å². The van der Waals surface area contributed by atoms with Crippen LogP contribution >= 0.6 is 23.2 Å². The Labute approximate surface area is 134 Å². The zero-order valence-corrected chi connectivity index (χ0v) is 13.3. The molecule has 0 bridgehead atoms. The highest BCUT2D eigenvalue weighted by molar-refractivity contribution is 6.40. The molecule has 0 aromatic heterocycles. The maximum atomic E-state index is 12.1. The van der Waals surface area contributed by atoms with Crippen LogP contribution < -0.4 is 5.32 Å². The van der Waals surface area contributed by atoms with Crippen molar-refractivity contribution in [3.05, 3.63) is 27.7 Å². The van der Waals surface area contributed by atoms with Gasteiger partial charge in [-0.1, -0.05) is 29.3 Å². The Hall–Kier alpha value is -0.810. The summed E-state index contributed by atoms with van der Waals surface area (Å²) in [5, 5.41) is 13.9. The number of hydrogen-bond acceptors (Lipinski definition) is 3. The molecular formula is C15H18Cl2N2O2. The number of rotatable bonds is 4. The van der Waals surface area contributed by atoms with E-state index in [1.807, 2.05) is 17.9 Å². The first kappa shape index (κ1) is 15.1. The molecule has 1 amide bonds. The molecule has 0 atom stereocenters. The van der Waals surface area contributed by atoms with Gasteiger partial charge in [-0.3, -0.25) is 9.69 Å². The van der Waals surface area contributed by atoms with Crippen molar-refractivity contribution in [3.8, 4) is 0 Å². The van der Waals surface area contributed by atoms with Crippen LogP contribution in [0, 0.1) is 12.8 Å². The van der Waals surface area contributed by atoms with Gasteiger partial charge in [0.2, 0.25) is 5.91 Å². The molecule has 2 fully saturated rings. The second-order valence-electron chi connectivity index (χ2n) is 6.12. The van der Waals surface area contributed by atoms with Crippen molar-refractivity contribution < 1.29 is 9.90 Å². The van der Waals surface area contributed by atoms with Crippen LogP contribution in [0.3, 0.4) is 0 Å². The van der Waals surface area contributed by atoms with Crippen LogP contribution in [-0.4, -0.2) is 41.1 Å².